The molecule has 168 valence electrons. The van der Waals surface area contributed by atoms with Gasteiger partial charge in [0.15, 0.2) is 15.3 Å². The third kappa shape index (κ3) is 3.85. The molecule has 3 aromatic rings. The number of nitrogens with one attached hydrogen (secondary N) is 1. The number of pyridine rings is 1. The van der Waals surface area contributed by atoms with Gasteiger partial charge in [0.25, 0.3) is 0 Å². The average molecular weight is 454 g/mol. The van der Waals surface area contributed by atoms with Crippen LogP contribution in [-0.4, -0.2) is 60.3 Å². The van der Waals surface area contributed by atoms with Crippen LogP contribution in [0.25, 0.3) is 11.0 Å². The number of amides is 1. The van der Waals surface area contributed by atoms with E-state index in [-0.39, 0.29) is 16.7 Å². The Morgan fingerprint density at radius 1 is 1.12 bits per heavy atom. The van der Waals surface area contributed by atoms with E-state index in [9.17, 15) is 13.6 Å². The van der Waals surface area contributed by atoms with Gasteiger partial charge in [-0.05, 0) is 50.8 Å². The number of carbonyl (C=O) groups is 1. The third-order valence-corrected chi connectivity index (χ3v) is 8.53. The summed E-state index contributed by atoms with van der Waals surface area (Å²) >= 11 is 0. The largest absolute Gasteiger partial charge is 0.593 e. The number of aromatic amines is 1. The zero-order valence-corrected chi connectivity index (χ0v) is 18.9. The van der Waals surface area contributed by atoms with E-state index in [4.69, 9.17) is 0 Å². The first kappa shape index (κ1) is 21.2. The Labute approximate surface area is 188 Å². The minimum atomic E-state index is -3.69. The Morgan fingerprint density at radius 2 is 1.88 bits per heavy atom. The van der Waals surface area contributed by atoms with E-state index in [0.717, 1.165) is 35.3 Å². The minimum Gasteiger partial charge on any atom is -0.593 e. The van der Waals surface area contributed by atoms with Crippen LogP contribution in [0.3, 0.4) is 0 Å². The zero-order chi connectivity index (χ0) is 22.3. The molecule has 2 atom stereocenters. The van der Waals surface area contributed by atoms with Crippen molar-refractivity contribution >= 4 is 27.3 Å². The molecule has 32 heavy (non-hydrogen) atoms. The number of likely N-dealkylation sites (tertiary alicyclic amines) is 1. The highest BCUT2D eigenvalue weighted by molar-refractivity contribution is 7.95. The second-order valence-corrected chi connectivity index (χ2v) is 10.6. The summed E-state index contributed by atoms with van der Waals surface area (Å²) in [5.41, 5.74) is 2.82. The highest BCUT2D eigenvalue weighted by Gasteiger charge is 2.45. The van der Waals surface area contributed by atoms with Gasteiger partial charge in [-0.25, -0.2) is 4.98 Å². The maximum absolute atomic E-state index is 13.3. The first-order valence-corrected chi connectivity index (χ1v) is 12.5. The Bertz CT molecular complexity index is 1140. The molecule has 2 saturated heterocycles. The van der Waals surface area contributed by atoms with Crippen molar-refractivity contribution in [1.29, 1.82) is 0 Å². The van der Waals surface area contributed by atoms with Crippen LogP contribution in [0.2, 0.25) is 0 Å². The lowest BCUT2D eigenvalue weighted by Gasteiger charge is -2.35. The Balaban J connectivity index is 1.27. The second kappa shape index (κ2) is 8.38. The number of carbonyl (C=O) groups excluding carboxylic acids is 1. The molecule has 0 saturated carbocycles. The predicted molar refractivity (Wildman–Crippen MR) is 120 cm³/mol. The van der Waals surface area contributed by atoms with Crippen LogP contribution in [0.15, 0.2) is 47.6 Å². The predicted octanol–water partition coefficient (Wildman–Crippen LogP) is 3.04. The molecule has 2 aliphatic rings. The lowest BCUT2D eigenvalue weighted by Crippen LogP contribution is -2.51. The standard InChI is InChI=1S/C23H27N5O3S/c1-16-4-6-18(7-5-16)32(30,31)28-12-2-3-21(28)23(29)27-13-9-17(10-14-27)22-25-19-8-11-24-15-20(19)26-22/h4-8,11,15,17,21H,2-3,9-10,12-14H2,1H3,(H-,24,25,26,30,31). The van der Waals surface area contributed by atoms with Gasteiger partial charge in [-0.1, -0.05) is 21.9 Å². The zero-order valence-electron chi connectivity index (χ0n) is 18.1. The summed E-state index contributed by atoms with van der Waals surface area (Å²) in [4.78, 5) is 27.5. The number of aromatic nitrogens is 3. The molecular weight excluding hydrogens is 426 g/mol. The molecule has 0 bridgehead atoms. The van der Waals surface area contributed by atoms with E-state index >= 15 is 0 Å². The molecule has 0 aliphatic carbocycles. The molecule has 2 aliphatic heterocycles. The maximum Gasteiger partial charge on any atom is 0.244 e. The summed E-state index contributed by atoms with van der Waals surface area (Å²) in [5.74, 6) is 1.11. The molecule has 2 unspecified atom stereocenters. The fourth-order valence-corrected chi connectivity index (χ4v) is 6.43. The number of hydrogen-bond donors (Lipinski definition) is 1. The number of rotatable bonds is 4. The van der Waals surface area contributed by atoms with Crippen LogP contribution in [0.1, 0.15) is 43.0 Å². The molecule has 2 fully saturated rings. The van der Waals surface area contributed by atoms with E-state index in [1.807, 2.05) is 17.9 Å². The molecule has 9 heteroatoms. The van der Waals surface area contributed by atoms with Crippen LogP contribution < -0.4 is 0 Å². The molecule has 5 rings (SSSR count). The molecule has 1 N–H and O–H groups in total. The van der Waals surface area contributed by atoms with Crippen LogP contribution in [0, 0.1) is 6.92 Å². The third-order valence-electron chi connectivity index (χ3n) is 6.61. The first-order valence-electron chi connectivity index (χ1n) is 11.1. The number of nitrogens with zero attached hydrogens (tertiary/aromatic N) is 4. The quantitative estimate of drug-likeness (QED) is 0.611. The molecule has 2 aromatic heterocycles. The van der Waals surface area contributed by atoms with Gasteiger partial charge in [0.1, 0.15) is 11.9 Å². The molecule has 0 radical (unpaired) electrons. The fourth-order valence-electron chi connectivity index (χ4n) is 4.77. The number of aryl methyl sites for hydroxylation is 1. The normalized spacial score (nSPS) is 22.3. The van der Waals surface area contributed by atoms with Crippen LogP contribution in [0.5, 0.6) is 0 Å². The van der Waals surface area contributed by atoms with Gasteiger partial charge in [-0.15, -0.1) is 4.31 Å². The number of H-pyrrole nitrogens is 1. The van der Waals surface area contributed by atoms with E-state index in [0.29, 0.717) is 32.5 Å². The minimum absolute atomic E-state index is 0.0783. The van der Waals surface area contributed by atoms with Crippen molar-refractivity contribution in [1.82, 2.24) is 24.2 Å². The summed E-state index contributed by atoms with van der Waals surface area (Å²) in [6, 6.07) is 8.10. The van der Waals surface area contributed by atoms with Crippen molar-refractivity contribution in [2.45, 2.75) is 49.5 Å². The van der Waals surface area contributed by atoms with Crippen molar-refractivity contribution in [2.24, 2.45) is 0 Å². The fraction of sp³-hybridized carbons (Fsp3) is 0.435. The average Bonchev–Trinajstić information content (AvgIpc) is 3.47. The van der Waals surface area contributed by atoms with Gasteiger partial charge in [0, 0.05) is 31.7 Å². The van der Waals surface area contributed by atoms with E-state index < -0.39 is 16.4 Å². The number of piperidine rings is 1. The smallest absolute Gasteiger partial charge is 0.244 e. The van der Waals surface area contributed by atoms with Gasteiger partial charge in [0.05, 0.1) is 17.2 Å². The molecule has 1 amide bonds. The summed E-state index contributed by atoms with van der Waals surface area (Å²) in [6.07, 6.45) is 6.37. The highest BCUT2D eigenvalue weighted by Crippen LogP contribution is 2.33. The number of hydrogen-bond acceptors (Lipinski definition) is 5. The van der Waals surface area contributed by atoms with Crippen LogP contribution >= 0.6 is 0 Å². The molecule has 8 nitrogen and oxygen atoms in total. The summed E-state index contributed by atoms with van der Waals surface area (Å²) in [7, 11) is -3.69. The van der Waals surface area contributed by atoms with Crippen LogP contribution in [-0.2, 0) is 19.4 Å². The summed E-state index contributed by atoms with van der Waals surface area (Å²) < 4.78 is 27.8. The number of sulfonamides is 1. The van der Waals surface area contributed by atoms with E-state index in [2.05, 4.69) is 15.0 Å². The molecule has 1 aromatic carbocycles. The van der Waals surface area contributed by atoms with Crippen molar-refractivity contribution in [3.8, 4) is 0 Å². The Kier molecular flexibility index (Phi) is 5.56. The lowest BCUT2D eigenvalue weighted by atomic mass is 9.95. The Hall–Kier alpha value is -2.62. The maximum atomic E-state index is 13.3. The van der Waals surface area contributed by atoms with Crippen LogP contribution in [0.4, 0.5) is 0 Å². The van der Waals surface area contributed by atoms with Gasteiger partial charge in [-0.3, -0.25) is 9.78 Å². The molecule has 0 spiro atoms. The lowest BCUT2D eigenvalue weighted by molar-refractivity contribution is -0.135. The summed E-state index contributed by atoms with van der Waals surface area (Å²) in [6.45, 7) is 3.52. The topological polar surface area (TPSA) is 105 Å². The number of imidazole rings is 1. The van der Waals surface area contributed by atoms with Gasteiger partial charge in [0.2, 0.25) is 5.91 Å². The second-order valence-electron chi connectivity index (χ2n) is 8.70. The summed E-state index contributed by atoms with van der Waals surface area (Å²) in [5, 5.41) is 0. The van der Waals surface area contributed by atoms with Crippen molar-refractivity contribution < 1.29 is 13.6 Å². The SMILES string of the molecule is Cc1ccc([S+](=O)([O-])N2CCCC2C(=O)N2CCC(c3nc4ccncc4[nH]3)CC2)cc1. The van der Waals surface area contributed by atoms with E-state index in [1.54, 1.807) is 36.7 Å². The Morgan fingerprint density at radius 3 is 2.59 bits per heavy atom. The van der Waals surface area contributed by atoms with Gasteiger partial charge >= 0.3 is 0 Å². The monoisotopic (exact) mass is 453 g/mol. The van der Waals surface area contributed by atoms with Crippen molar-refractivity contribution in [2.75, 3.05) is 19.6 Å². The molecular formula is C23H27N5O3S. The van der Waals surface area contributed by atoms with Gasteiger partial charge in [-0.2, -0.15) is 0 Å². The first-order chi connectivity index (χ1) is 15.4. The number of fused-ring (bicyclic) bond motifs is 1. The molecule has 4 heterocycles. The van der Waals surface area contributed by atoms with Crippen molar-refractivity contribution in [3.05, 3.63) is 54.1 Å². The van der Waals surface area contributed by atoms with Gasteiger partial charge < -0.3 is 14.4 Å². The number of benzene rings is 1. The van der Waals surface area contributed by atoms with Crippen molar-refractivity contribution in [3.63, 3.8) is 0 Å². The highest BCUT2D eigenvalue weighted by atomic mass is 32.3. The van der Waals surface area contributed by atoms with E-state index in [1.165, 1.54) is 4.31 Å².